The van der Waals surface area contributed by atoms with Crippen LogP contribution in [-0.4, -0.2) is 36.7 Å². The first-order chi connectivity index (χ1) is 11.1. The molecule has 3 rings (SSSR count). The molecule has 1 atom stereocenters. The zero-order chi connectivity index (χ0) is 16.2. The van der Waals surface area contributed by atoms with Crippen molar-refractivity contribution in [2.45, 2.75) is 19.4 Å². The lowest BCUT2D eigenvalue weighted by Crippen LogP contribution is -2.34. The van der Waals surface area contributed by atoms with E-state index in [9.17, 15) is 9.90 Å². The minimum atomic E-state index is -0.561. The van der Waals surface area contributed by atoms with E-state index in [4.69, 9.17) is 4.74 Å². The summed E-state index contributed by atoms with van der Waals surface area (Å²) in [7, 11) is 0. The van der Waals surface area contributed by atoms with E-state index in [-0.39, 0.29) is 12.4 Å². The van der Waals surface area contributed by atoms with Crippen LogP contribution in [0.25, 0.3) is 0 Å². The molecule has 120 valence electrons. The van der Waals surface area contributed by atoms with Crippen molar-refractivity contribution in [3.05, 3.63) is 59.7 Å². The van der Waals surface area contributed by atoms with Crippen LogP contribution in [0.15, 0.2) is 48.5 Å². The zero-order valence-electron chi connectivity index (χ0n) is 13.2. The standard InChI is InChI=1S/C19H21NO3/c1-14(21)15-6-8-18(9-7-15)23-13-17(22)12-20-11-10-16-4-2-3-5-19(16)20/h2-9,17,22H,10-13H2,1H3. The largest absolute Gasteiger partial charge is 0.491 e. The Hall–Kier alpha value is -2.33. The van der Waals surface area contributed by atoms with Gasteiger partial charge in [-0.3, -0.25) is 4.79 Å². The lowest BCUT2D eigenvalue weighted by molar-refractivity contribution is 0.101. The zero-order valence-corrected chi connectivity index (χ0v) is 13.2. The SMILES string of the molecule is CC(=O)c1ccc(OCC(O)CN2CCc3ccccc32)cc1. The Kier molecular flexibility index (Phi) is 4.63. The van der Waals surface area contributed by atoms with Crippen molar-refractivity contribution >= 4 is 11.5 Å². The van der Waals surface area contributed by atoms with E-state index in [1.807, 2.05) is 12.1 Å². The molecule has 1 unspecified atom stereocenters. The van der Waals surface area contributed by atoms with E-state index in [2.05, 4.69) is 17.0 Å². The molecule has 0 fully saturated rings. The summed E-state index contributed by atoms with van der Waals surface area (Å²) in [5.41, 5.74) is 3.20. The number of hydrogen-bond donors (Lipinski definition) is 1. The first-order valence-electron chi connectivity index (χ1n) is 7.88. The molecule has 0 aliphatic carbocycles. The van der Waals surface area contributed by atoms with Crippen molar-refractivity contribution in [2.75, 3.05) is 24.6 Å². The van der Waals surface area contributed by atoms with Gasteiger partial charge in [0.05, 0.1) is 0 Å². The van der Waals surface area contributed by atoms with Crippen LogP contribution in [0.5, 0.6) is 5.75 Å². The molecule has 2 aromatic rings. The number of fused-ring (bicyclic) bond motifs is 1. The van der Waals surface area contributed by atoms with Crippen molar-refractivity contribution in [3.8, 4) is 5.75 Å². The van der Waals surface area contributed by atoms with Crippen molar-refractivity contribution in [1.29, 1.82) is 0 Å². The number of aliphatic hydroxyl groups is 1. The molecule has 0 amide bonds. The van der Waals surface area contributed by atoms with Crippen LogP contribution in [0.2, 0.25) is 0 Å². The second-order valence-electron chi connectivity index (χ2n) is 5.87. The summed E-state index contributed by atoms with van der Waals surface area (Å²) < 4.78 is 5.61. The number of rotatable bonds is 6. The van der Waals surface area contributed by atoms with Gasteiger partial charge in [0.1, 0.15) is 18.5 Å². The Balaban J connectivity index is 1.52. The van der Waals surface area contributed by atoms with Crippen LogP contribution in [0.1, 0.15) is 22.8 Å². The van der Waals surface area contributed by atoms with Crippen LogP contribution in [0, 0.1) is 0 Å². The van der Waals surface area contributed by atoms with E-state index >= 15 is 0 Å². The first-order valence-corrected chi connectivity index (χ1v) is 7.88. The normalized spacial score (nSPS) is 14.4. The molecule has 0 bridgehead atoms. The quantitative estimate of drug-likeness (QED) is 0.833. The highest BCUT2D eigenvalue weighted by molar-refractivity contribution is 5.94. The second kappa shape index (κ2) is 6.84. The lowest BCUT2D eigenvalue weighted by atomic mass is 10.1. The summed E-state index contributed by atoms with van der Waals surface area (Å²) in [6.07, 6.45) is 0.463. The van der Waals surface area contributed by atoms with E-state index < -0.39 is 6.10 Å². The molecule has 1 aliphatic rings. The number of Topliss-reactive ketones (excluding diaryl/α,β-unsaturated/α-hetero) is 1. The average molecular weight is 311 g/mol. The lowest BCUT2D eigenvalue weighted by Gasteiger charge is -2.23. The van der Waals surface area contributed by atoms with Gasteiger partial charge in [-0.2, -0.15) is 0 Å². The number of hydrogen-bond acceptors (Lipinski definition) is 4. The van der Waals surface area contributed by atoms with Crippen molar-refractivity contribution in [2.24, 2.45) is 0 Å². The van der Waals surface area contributed by atoms with Gasteiger partial charge < -0.3 is 14.7 Å². The number of carbonyl (C=O) groups excluding carboxylic acids is 1. The third-order valence-electron chi connectivity index (χ3n) is 4.12. The number of β-amino-alcohol motifs (C(OH)–C–C–N with tert-alkyl or cyclic N) is 1. The fourth-order valence-corrected chi connectivity index (χ4v) is 2.88. The van der Waals surface area contributed by atoms with Crippen LogP contribution in [-0.2, 0) is 6.42 Å². The number of aliphatic hydroxyl groups excluding tert-OH is 1. The molecule has 0 radical (unpaired) electrons. The Morgan fingerprint density at radius 2 is 1.96 bits per heavy atom. The molecule has 1 N–H and O–H groups in total. The van der Waals surface area contributed by atoms with Gasteiger partial charge in [0.15, 0.2) is 5.78 Å². The molecule has 2 aromatic carbocycles. The maximum Gasteiger partial charge on any atom is 0.159 e. The third kappa shape index (κ3) is 3.71. The predicted octanol–water partition coefficient (Wildman–Crippen LogP) is 2.69. The molecule has 0 saturated carbocycles. The average Bonchev–Trinajstić information content (AvgIpc) is 2.96. The summed E-state index contributed by atoms with van der Waals surface area (Å²) in [6.45, 7) is 3.26. The van der Waals surface area contributed by atoms with E-state index in [0.29, 0.717) is 17.9 Å². The number of para-hydroxylation sites is 1. The van der Waals surface area contributed by atoms with Crippen molar-refractivity contribution in [1.82, 2.24) is 0 Å². The number of ketones is 1. The predicted molar refractivity (Wildman–Crippen MR) is 90.3 cm³/mol. The van der Waals surface area contributed by atoms with Crippen LogP contribution < -0.4 is 9.64 Å². The minimum Gasteiger partial charge on any atom is -0.491 e. The molecule has 4 nitrogen and oxygen atoms in total. The molecule has 0 saturated heterocycles. The molecule has 4 heteroatoms. The fraction of sp³-hybridized carbons (Fsp3) is 0.316. The maximum absolute atomic E-state index is 11.2. The minimum absolute atomic E-state index is 0.0317. The smallest absolute Gasteiger partial charge is 0.159 e. The molecule has 0 aromatic heterocycles. The number of ether oxygens (including phenoxy) is 1. The molecule has 1 aliphatic heterocycles. The number of anilines is 1. The fourth-order valence-electron chi connectivity index (χ4n) is 2.88. The maximum atomic E-state index is 11.2. The van der Waals surface area contributed by atoms with E-state index in [0.717, 1.165) is 13.0 Å². The van der Waals surface area contributed by atoms with Gasteiger partial charge in [0.2, 0.25) is 0 Å². The van der Waals surface area contributed by atoms with Crippen LogP contribution >= 0.6 is 0 Å². The highest BCUT2D eigenvalue weighted by Crippen LogP contribution is 2.27. The van der Waals surface area contributed by atoms with E-state index in [1.165, 1.54) is 18.2 Å². The molecular weight excluding hydrogens is 290 g/mol. The monoisotopic (exact) mass is 311 g/mol. The van der Waals surface area contributed by atoms with Gasteiger partial charge >= 0.3 is 0 Å². The van der Waals surface area contributed by atoms with Gasteiger partial charge in [0.25, 0.3) is 0 Å². The number of nitrogens with zero attached hydrogens (tertiary/aromatic N) is 1. The Labute approximate surface area is 136 Å². The first kappa shape index (κ1) is 15.6. The second-order valence-corrected chi connectivity index (χ2v) is 5.87. The van der Waals surface area contributed by atoms with E-state index in [1.54, 1.807) is 24.3 Å². The topological polar surface area (TPSA) is 49.8 Å². The van der Waals surface area contributed by atoms with Gasteiger partial charge in [0, 0.05) is 24.3 Å². The van der Waals surface area contributed by atoms with Crippen LogP contribution in [0.3, 0.4) is 0 Å². The summed E-state index contributed by atoms with van der Waals surface area (Å²) in [4.78, 5) is 13.4. The van der Waals surface area contributed by atoms with Crippen LogP contribution in [0.4, 0.5) is 5.69 Å². The highest BCUT2D eigenvalue weighted by atomic mass is 16.5. The molecule has 1 heterocycles. The Morgan fingerprint density at radius 3 is 2.70 bits per heavy atom. The van der Waals surface area contributed by atoms with Crippen molar-refractivity contribution in [3.63, 3.8) is 0 Å². The van der Waals surface area contributed by atoms with Gasteiger partial charge in [-0.05, 0) is 49.2 Å². The molecule has 23 heavy (non-hydrogen) atoms. The van der Waals surface area contributed by atoms with Gasteiger partial charge in [-0.25, -0.2) is 0 Å². The van der Waals surface area contributed by atoms with Gasteiger partial charge in [-0.15, -0.1) is 0 Å². The molecular formula is C19H21NO3. The Bertz CT molecular complexity index is 681. The highest BCUT2D eigenvalue weighted by Gasteiger charge is 2.20. The summed E-state index contributed by atoms with van der Waals surface area (Å²) in [5.74, 6) is 0.695. The summed E-state index contributed by atoms with van der Waals surface area (Å²) >= 11 is 0. The Morgan fingerprint density at radius 1 is 1.22 bits per heavy atom. The van der Waals surface area contributed by atoms with Gasteiger partial charge in [-0.1, -0.05) is 18.2 Å². The summed E-state index contributed by atoms with van der Waals surface area (Å²) in [6, 6.07) is 15.3. The number of benzene rings is 2. The summed E-state index contributed by atoms with van der Waals surface area (Å²) in [5, 5.41) is 10.2. The van der Waals surface area contributed by atoms with Crippen molar-refractivity contribution < 1.29 is 14.6 Å². The molecule has 0 spiro atoms. The third-order valence-corrected chi connectivity index (χ3v) is 4.12. The number of carbonyl (C=O) groups is 1.